The number of nitrogens with zero attached hydrogens (tertiary/aromatic N) is 2. The van der Waals surface area contributed by atoms with Gasteiger partial charge in [-0.25, -0.2) is 4.79 Å². The van der Waals surface area contributed by atoms with Gasteiger partial charge in [-0.1, -0.05) is 0 Å². The molecule has 0 bridgehead atoms. The van der Waals surface area contributed by atoms with Crippen molar-refractivity contribution in [2.45, 2.75) is 32.4 Å². The average molecular weight is 198 g/mol. The van der Waals surface area contributed by atoms with Crippen LogP contribution in [0.5, 0.6) is 0 Å². The van der Waals surface area contributed by atoms with Crippen molar-refractivity contribution < 1.29 is 14.3 Å². The van der Waals surface area contributed by atoms with E-state index in [4.69, 9.17) is 4.74 Å². The minimum Gasteiger partial charge on any atom is -0.443 e. The molecule has 1 heterocycles. The summed E-state index contributed by atoms with van der Waals surface area (Å²) >= 11 is 0. The van der Waals surface area contributed by atoms with Crippen LogP contribution in [0, 0.1) is 0 Å². The molecule has 0 radical (unpaired) electrons. The van der Waals surface area contributed by atoms with Crippen molar-refractivity contribution in [3.63, 3.8) is 0 Å². The van der Waals surface area contributed by atoms with Gasteiger partial charge in [0.15, 0.2) is 0 Å². The molecule has 5 nitrogen and oxygen atoms in total. The number of carbonyl (C=O) groups excluding carboxylic acids is 2. The second-order valence-corrected chi connectivity index (χ2v) is 4.10. The van der Waals surface area contributed by atoms with Crippen molar-refractivity contribution in [3.8, 4) is 0 Å². The highest BCUT2D eigenvalue weighted by atomic mass is 16.6. The molecule has 0 aliphatic carbocycles. The fourth-order valence-corrected chi connectivity index (χ4v) is 0.982. The van der Waals surface area contributed by atoms with Crippen molar-refractivity contribution >= 4 is 18.7 Å². The zero-order valence-corrected chi connectivity index (χ0v) is 8.56. The van der Waals surface area contributed by atoms with Gasteiger partial charge in [0.05, 0.1) is 12.9 Å². The van der Waals surface area contributed by atoms with Crippen LogP contribution in [0.1, 0.15) is 20.8 Å². The number of ether oxygens (including phenoxy) is 1. The van der Waals surface area contributed by atoms with E-state index in [-0.39, 0.29) is 6.54 Å². The maximum absolute atomic E-state index is 11.4. The van der Waals surface area contributed by atoms with Crippen LogP contribution in [0.3, 0.4) is 0 Å². The Kier molecular flexibility index (Phi) is 2.88. The lowest BCUT2D eigenvalue weighted by atomic mass is 10.2. The molecule has 5 heteroatoms. The summed E-state index contributed by atoms with van der Waals surface area (Å²) in [5.74, 6) is 0. The summed E-state index contributed by atoms with van der Waals surface area (Å²) in [6.07, 6.45) is 1.58. The molecule has 0 aromatic carbocycles. The lowest BCUT2D eigenvalue weighted by Gasteiger charge is -2.22. The van der Waals surface area contributed by atoms with E-state index in [9.17, 15) is 9.59 Å². The van der Waals surface area contributed by atoms with Gasteiger partial charge in [0.25, 0.3) is 0 Å². The molecule has 1 aliphatic rings. The minimum absolute atomic E-state index is 0.276. The SMILES string of the molecule is CC(C)(C)OC(=O)N1C=NC(C=O)C1. The first-order valence-corrected chi connectivity index (χ1v) is 4.40. The second-order valence-electron chi connectivity index (χ2n) is 4.10. The Morgan fingerprint density at radius 3 is 2.71 bits per heavy atom. The molecule has 1 rings (SSSR count). The first-order valence-electron chi connectivity index (χ1n) is 4.40. The second kappa shape index (κ2) is 3.77. The monoisotopic (exact) mass is 198 g/mol. The van der Waals surface area contributed by atoms with E-state index in [2.05, 4.69) is 4.99 Å². The molecule has 0 fully saturated rings. The maximum Gasteiger partial charge on any atom is 0.415 e. The van der Waals surface area contributed by atoms with Crippen molar-refractivity contribution in [3.05, 3.63) is 0 Å². The van der Waals surface area contributed by atoms with Crippen molar-refractivity contribution in [1.29, 1.82) is 0 Å². The quantitative estimate of drug-likeness (QED) is 0.586. The number of carbonyl (C=O) groups is 2. The lowest BCUT2D eigenvalue weighted by molar-refractivity contribution is -0.108. The smallest absolute Gasteiger partial charge is 0.415 e. The van der Waals surface area contributed by atoms with Crippen LogP contribution in [-0.4, -0.2) is 41.8 Å². The molecule has 1 unspecified atom stereocenters. The molecule has 0 saturated carbocycles. The molecule has 1 amide bonds. The van der Waals surface area contributed by atoms with E-state index < -0.39 is 17.7 Å². The van der Waals surface area contributed by atoms with Gasteiger partial charge in [0.1, 0.15) is 17.9 Å². The van der Waals surface area contributed by atoms with Gasteiger partial charge in [0, 0.05) is 0 Å². The Morgan fingerprint density at radius 2 is 2.29 bits per heavy atom. The fourth-order valence-electron chi connectivity index (χ4n) is 0.982. The molecule has 0 aromatic rings. The summed E-state index contributed by atoms with van der Waals surface area (Å²) in [5.41, 5.74) is -0.524. The third kappa shape index (κ3) is 2.83. The van der Waals surface area contributed by atoms with Crippen molar-refractivity contribution in [2.75, 3.05) is 6.54 Å². The Bertz CT molecular complexity index is 268. The zero-order chi connectivity index (χ0) is 10.8. The molecule has 78 valence electrons. The largest absolute Gasteiger partial charge is 0.443 e. The van der Waals surface area contributed by atoms with Gasteiger partial charge in [0.2, 0.25) is 0 Å². The molecule has 0 saturated heterocycles. The average Bonchev–Trinajstić information content (AvgIpc) is 2.48. The van der Waals surface area contributed by atoms with Crippen LogP contribution in [0.2, 0.25) is 0 Å². The molecule has 0 spiro atoms. The topological polar surface area (TPSA) is 59.0 Å². The maximum atomic E-state index is 11.4. The molecule has 14 heavy (non-hydrogen) atoms. The van der Waals surface area contributed by atoms with E-state index in [1.165, 1.54) is 11.2 Å². The molecule has 1 atom stereocenters. The Hall–Kier alpha value is -1.39. The van der Waals surface area contributed by atoms with Gasteiger partial charge >= 0.3 is 6.09 Å². The third-order valence-electron chi connectivity index (χ3n) is 1.57. The highest BCUT2D eigenvalue weighted by Crippen LogP contribution is 2.11. The van der Waals surface area contributed by atoms with Crippen LogP contribution in [0.4, 0.5) is 4.79 Å². The molecular formula is C9H14N2O3. The molecule has 0 N–H and O–H groups in total. The predicted molar refractivity (Wildman–Crippen MR) is 51.3 cm³/mol. The number of aliphatic imine (C=N–C) groups is 1. The van der Waals surface area contributed by atoms with Crippen molar-refractivity contribution in [1.82, 2.24) is 4.90 Å². The summed E-state index contributed by atoms with van der Waals surface area (Å²) < 4.78 is 5.09. The van der Waals surface area contributed by atoms with Crippen LogP contribution in [0.25, 0.3) is 0 Å². The van der Waals surface area contributed by atoms with Crippen LogP contribution >= 0.6 is 0 Å². The van der Waals surface area contributed by atoms with E-state index in [0.29, 0.717) is 6.29 Å². The van der Waals surface area contributed by atoms with E-state index in [0.717, 1.165) is 0 Å². The lowest BCUT2D eigenvalue weighted by Crippen LogP contribution is -2.36. The number of amides is 1. The first kappa shape index (κ1) is 10.7. The van der Waals surface area contributed by atoms with Crippen LogP contribution in [-0.2, 0) is 9.53 Å². The standard InChI is InChI=1S/C9H14N2O3/c1-9(2,3)14-8(13)11-4-7(5-12)10-6-11/h5-7H,4H2,1-3H3. The van der Waals surface area contributed by atoms with E-state index >= 15 is 0 Å². The molecule has 0 aromatic heterocycles. The number of hydrogen-bond donors (Lipinski definition) is 0. The summed E-state index contributed by atoms with van der Waals surface area (Å²) in [5, 5.41) is 0. The summed E-state index contributed by atoms with van der Waals surface area (Å²) in [6, 6.07) is -0.442. The van der Waals surface area contributed by atoms with E-state index in [1.807, 2.05) is 0 Å². The number of hydrogen-bond acceptors (Lipinski definition) is 4. The summed E-state index contributed by atoms with van der Waals surface area (Å²) in [6.45, 7) is 5.64. The van der Waals surface area contributed by atoms with Crippen LogP contribution < -0.4 is 0 Å². The van der Waals surface area contributed by atoms with Gasteiger partial charge < -0.3 is 9.53 Å². The number of rotatable bonds is 1. The third-order valence-corrected chi connectivity index (χ3v) is 1.57. The highest BCUT2D eigenvalue weighted by molar-refractivity contribution is 5.86. The summed E-state index contributed by atoms with van der Waals surface area (Å²) in [7, 11) is 0. The Balaban J connectivity index is 2.49. The molecular weight excluding hydrogens is 184 g/mol. The van der Waals surface area contributed by atoms with Gasteiger partial charge in [-0.15, -0.1) is 0 Å². The number of aldehydes is 1. The van der Waals surface area contributed by atoms with E-state index in [1.54, 1.807) is 20.8 Å². The zero-order valence-electron chi connectivity index (χ0n) is 8.56. The minimum atomic E-state index is -0.524. The van der Waals surface area contributed by atoms with Crippen molar-refractivity contribution in [2.24, 2.45) is 4.99 Å². The predicted octanol–water partition coefficient (Wildman–Crippen LogP) is 0.833. The van der Waals surface area contributed by atoms with Gasteiger partial charge in [-0.3, -0.25) is 9.89 Å². The van der Waals surface area contributed by atoms with Crippen LogP contribution in [0.15, 0.2) is 4.99 Å². The van der Waals surface area contributed by atoms with Gasteiger partial charge in [-0.2, -0.15) is 0 Å². The fraction of sp³-hybridized carbons (Fsp3) is 0.667. The normalized spacial score (nSPS) is 21.1. The Labute approximate surface area is 82.7 Å². The first-order chi connectivity index (χ1) is 6.42. The highest BCUT2D eigenvalue weighted by Gasteiger charge is 2.26. The Morgan fingerprint density at radius 1 is 1.64 bits per heavy atom. The molecule has 1 aliphatic heterocycles. The summed E-state index contributed by atoms with van der Waals surface area (Å²) in [4.78, 5) is 26.9. The van der Waals surface area contributed by atoms with Gasteiger partial charge in [-0.05, 0) is 20.8 Å².